The van der Waals surface area contributed by atoms with Crippen molar-refractivity contribution >= 4 is 50.4 Å². The second kappa shape index (κ2) is 17.8. The van der Waals surface area contributed by atoms with E-state index in [4.69, 9.17) is 15.1 Å². The minimum absolute atomic E-state index is 0.0494. The average Bonchev–Trinajstić information content (AvgIpc) is 4.14. The Morgan fingerprint density at radius 2 is 1.49 bits per heavy atom. The van der Waals surface area contributed by atoms with Crippen LogP contribution in [-0.4, -0.2) is 102 Å². The number of para-hydroxylation sites is 1. The van der Waals surface area contributed by atoms with Crippen LogP contribution < -0.4 is 5.32 Å². The number of nitrogens with one attached hydrogen (secondary N) is 3. The molecule has 0 radical (unpaired) electrons. The molecule has 63 heavy (non-hydrogen) atoms. The zero-order chi connectivity index (χ0) is 43.0. The van der Waals surface area contributed by atoms with Crippen molar-refractivity contribution in [2.75, 3.05) is 40.3 Å². The van der Waals surface area contributed by atoms with Crippen LogP contribution in [0.25, 0.3) is 64.1 Å². The van der Waals surface area contributed by atoms with E-state index in [1.54, 1.807) is 42.9 Å². The van der Waals surface area contributed by atoms with Crippen molar-refractivity contribution in [1.29, 1.82) is 0 Å². The molecule has 0 spiro atoms. The lowest BCUT2D eigenvalue weighted by atomic mass is 9.74. The number of carbonyl (C=O) groups is 1. The zero-order valence-corrected chi connectivity index (χ0v) is 37.3. The molecule has 6 aromatic heterocycles. The van der Waals surface area contributed by atoms with Crippen molar-refractivity contribution < 1.29 is 9.18 Å². The molecule has 3 atom stereocenters. The summed E-state index contributed by atoms with van der Waals surface area (Å²) in [6, 6.07) is 18.2. The minimum Gasteiger partial charge on any atom is -0.335 e. The van der Waals surface area contributed by atoms with Crippen LogP contribution in [0.15, 0.2) is 79.4 Å². The van der Waals surface area contributed by atoms with E-state index in [-0.39, 0.29) is 11.7 Å². The third-order valence-corrected chi connectivity index (χ3v) is 15.2. The predicted octanol–water partition coefficient (Wildman–Crippen LogP) is 9.22. The molecule has 2 aliphatic rings. The van der Waals surface area contributed by atoms with Crippen molar-refractivity contribution in [3.05, 3.63) is 108 Å². The fourth-order valence-corrected chi connectivity index (χ4v) is 11.8. The smallest absolute Gasteiger partial charge is 0.274 e. The molecule has 3 N–H and O–H groups in total. The third kappa shape index (κ3) is 8.30. The number of aromatic amines is 2. The molecule has 0 bridgehead atoms. The number of benzene rings is 2. The molecule has 12 nitrogen and oxygen atoms in total. The maximum absolute atomic E-state index is 14.4. The first-order valence-electron chi connectivity index (χ1n) is 21.9. The van der Waals surface area contributed by atoms with Crippen LogP contribution in [-0.2, 0) is 12.8 Å². The Balaban J connectivity index is 0.877. The highest BCUT2D eigenvalue weighted by Crippen LogP contribution is 2.42. The molecule has 1 aliphatic carbocycles. The molecule has 1 saturated heterocycles. The number of rotatable bonds is 12. The summed E-state index contributed by atoms with van der Waals surface area (Å²) in [5, 5.41) is 22.8. The standard InChI is InChI=1S/C48H50FN11OS2/c1-28-37(49)15-14-36-39(28)55-57-42(36)46-53-38(44(62-46)32-10-6-16-51-26-32)13-4-8-29-22-30(25-34(24-29)59(2)3)23-31-9-5-12-35-40(31)56-58-41(35)47-54-43(48(61)60-20-18-50-19-21-60)45(63-47)33-11-7-17-52-27-33/h5-7,9-12,14-17,26-27,29-30,34,50H,4,8,13,18-25H2,1-3H3,(H,55,57)(H,56,58)/t29?,30?,34-/m1/s1. The first-order valence-corrected chi connectivity index (χ1v) is 23.5. The first kappa shape index (κ1) is 41.3. The van der Waals surface area contributed by atoms with Crippen LogP contribution in [0.1, 0.15) is 59.4 Å². The van der Waals surface area contributed by atoms with Crippen LogP contribution in [0, 0.1) is 24.6 Å². The minimum atomic E-state index is -0.261. The zero-order valence-electron chi connectivity index (χ0n) is 35.7. The van der Waals surface area contributed by atoms with Crippen LogP contribution in [0.3, 0.4) is 0 Å². The van der Waals surface area contributed by atoms with Gasteiger partial charge in [-0.25, -0.2) is 14.4 Å². The maximum atomic E-state index is 14.4. The number of hydrogen-bond acceptors (Lipinski definition) is 11. The SMILES string of the molecule is Cc1c(F)ccc2c(-c3nc(CCCC4CC(Cc5cccc6c(-c7nc(C(=O)N8CCNCC8)c(-c8cccnc8)s7)[nH]nc56)C[C@H](N(C)C)C4)c(-c4cccnc4)s3)[nH]nc12. The number of hydrogen-bond donors (Lipinski definition) is 3. The lowest BCUT2D eigenvalue weighted by Crippen LogP contribution is -2.46. The van der Waals surface area contributed by atoms with E-state index >= 15 is 0 Å². The maximum Gasteiger partial charge on any atom is 0.274 e. The lowest BCUT2D eigenvalue weighted by Gasteiger charge is -2.38. The van der Waals surface area contributed by atoms with Crippen LogP contribution in [0.5, 0.6) is 0 Å². The highest BCUT2D eigenvalue weighted by atomic mass is 32.1. The summed E-state index contributed by atoms with van der Waals surface area (Å²) in [5.74, 6) is 0.767. The molecule has 2 fully saturated rings. The number of aromatic nitrogens is 8. The molecular formula is C48H50FN11OS2. The van der Waals surface area contributed by atoms with E-state index in [1.165, 1.54) is 29.4 Å². The molecule has 1 saturated carbocycles. The van der Waals surface area contributed by atoms with Crippen LogP contribution in [0.4, 0.5) is 4.39 Å². The molecule has 10 rings (SSSR count). The Hall–Kier alpha value is -5.74. The number of pyridine rings is 2. The van der Waals surface area contributed by atoms with Gasteiger partial charge in [-0.15, -0.1) is 22.7 Å². The summed E-state index contributed by atoms with van der Waals surface area (Å²) in [6.45, 7) is 4.61. The number of nitrogens with zero attached hydrogens (tertiary/aromatic N) is 8. The van der Waals surface area contributed by atoms with Crippen molar-refractivity contribution in [1.82, 2.24) is 55.4 Å². The Morgan fingerprint density at radius 1 is 0.810 bits per heavy atom. The van der Waals surface area contributed by atoms with Gasteiger partial charge < -0.3 is 15.1 Å². The van der Waals surface area contributed by atoms with Crippen molar-refractivity contribution in [3.8, 4) is 42.3 Å². The van der Waals surface area contributed by atoms with Gasteiger partial charge in [-0.2, -0.15) is 10.2 Å². The fraction of sp³-hybridized carbons (Fsp3) is 0.354. The quantitative estimate of drug-likeness (QED) is 0.109. The number of fused-ring (bicyclic) bond motifs is 2. The summed E-state index contributed by atoms with van der Waals surface area (Å²) >= 11 is 3.16. The summed E-state index contributed by atoms with van der Waals surface area (Å²) in [5.41, 5.74) is 8.51. The van der Waals surface area contributed by atoms with E-state index in [0.29, 0.717) is 47.7 Å². The topological polar surface area (TPSA) is 144 Å². The number of carbonyl (C=O) groups excluding carboxylic acids is 1. The number of thiazole rings is 2. The van der Waals surface area contributed by atoms with E-state index in [1.807, 2.05) is 29.3 Å². The van der Waals surface area contributed by atoms with Crippen LogP contribution >= 0.6 is 22.7 Å². The first-order chi connectivity index (χ1) is 30.8. The lowest BCUT2D eigenvalue weighted by molar-refractivity contribution is 0.0731. The Bertz CT molecular complexity index is 2880. The molecule has 2 aromatic carbocycles. The van der Waals surface area contributed by atoms with Gasteiger partial charge in [0.15, 0.2) is 0 Å². The van der Waals surface area contributed by atoms with Crippen molar-refractivity contribution in [3.63, 3.8) is 0 Å². The fourth-order valence-electron chi connectivity index (χ4n) is 9.64. The molecular weight excluding hydrogens is 830 g/mol. The third-order valence-electron chi connectivity index (χ3n) is 12.9. The summed E-state index contributed by atoms with van der Waals surface area (Å²) in [7, 11) is 4.43. The predicted molar refractivity (Wildman–Crippen MR) is 249 cm³/mol. The Morgan fingerprint density at radius 3 is 2.22 bits per heavy atom. The molecule has 1 amide bonds. The largest absolute Gasteiger partial charge is 0.335 e. The van der Waals surface area contributed by atoms with E-state index in [9.17, 15) is 9.18 Å². The van der Waals surface area contributed by atoms with Crippen LogP contribution in [0.2, 0.25) is 0 Å². The molecule has 2 unspecified atom stereocenters. The highest BCUT2D eigenvalue weighted by Gasteiger charge is 2.32. The van der Waals surface area contributed by atoms with E-state index in [0.717, 1.165) is 116 Å². The normalized spacial score (nSPS) is 18.2. The molecule has 1 aliphatic heterocycles. The van der Waals surface area contributed by atoms with Gasteiger partial charge in [0.2, 0.25) is 0 Å². The second-order valence-electron chi connectivity index (χ2n) is 17.2. The molecule has 8 aromatic rings. The molecule has 15 heteroatoms. The number of amides is 1. The number of halogens is 1. The van der Waals surface area contributed by atoms with Crippen molar-refractivity contribution in [2.45, 2.75) is 57.9 Å². The second-order valence-corrected chi connectivity index (χ2v) is 19.2. The molecule has 7 heterocycles. The highest BCUT2D eigenvalue weighted by molar-refractivity contribution is 7.19. The van der Waals surface area contributed by atoms with Crippen molar-refractivity contribution in [2.24, 2.45) is 11.8 Å². The van der Waals surface area contributed by atoms with Gasteiger partial charge in [0.25, 0.3) is 5.91 Å². The summed E-state index contributed by atoms with van der Waals surface area (Å²) < 4.78 is 14.4. The number of aryl methyl sites for hydroxylation is 2. The van der Waals surface area contributed by atoms with Gasteiger partial charge in [-0.1, -0.05) is 36.8 Å². The van der Waals surface area contributed by atoms with E-state index < -0.39 is 0 Å². The summed E-state index contributed by atoms with van der Waals surface area (Å²) in [4.78, 5) is 39.2. The van der Waals surface area contributed by atoms with Gasteiger partial charge in [0.1, 0.15) is 32.9 Å². The Kier molecular flexibility index (Phi) is 11.7. The van der Waals surface area contributed by atoms with Gasteiger partial charge in [-0.3, -0.25) is 25.0 Å². The van der Waals surface area contributed by atoms with Gasteiger partial charge in [-0.05, 0) is 101 Å². The monoisotopic (exact) mass is 879 g/mol. The van der Waals surface area contributed by atoms with Gasteiger partial charge in [0, 0.05) is 84.5 Å². The number of piperazine rings is 1. The average molecular weight is 880 g/mol. The number of H-pyrrole nitrogens is 2. The van der Waals surface area contributed by atoms with Gasteiger partial charge >= 0.3 is 0 Å². The van der Waals surface area contributed by atoms with Gasteiger partial charge in [0.05, 0.1) is 26.5 Å². The Labute approximate surface area is 373 Å². The molecule has 322 valence electrons. The van der Waals surface area contributed by atoms with E-state index in [2.05, 4.69) is 73.8 Å². The summed E-state index contributed by atoms with van der Waals surface area (Å²) in [6.07, 6.45) is 14.6.